The molecule has 8 heteroatoms. The zero-order chi connectivity index (χ0) is 24.2. The summed E-state index contributed by atoms with van der Waals surface area (Å²) in [5.74, 6) is -0.627. The third-order valence-corrected chi connectivity index (χ3v) is 6.35. The van der Waals surface area contributed by atoms with E-state index >= 15 is 0 Å². The molecule has 1 heterocycles. The number of carbonyl (C=O) groups excluding carboxylic acids is 3. The molecule has 0 aromatic heterocycles. The van der Waals surface area contributed by atoms with Gasteiger partial charge in [-0.1, -0.05) is 60.1 Å². The lowest BCUT2D eigenvalue weighted by molar-refractivity contribution is -0.149. The van der Waals surface area contributed by atoms with Crippen molar-refractivity contribution in [3.8, 4) is 5.75 Å². The van der Waals surface area contributed by atoms with Gasteiger partial charge in [0.05, 0.1) is 11.0 Å². The number of thioether (sulfide) groups is 1. The van der Waals surface area contributed by atoms with Gasteiger partial charge in [0.1, 0.15) is 18.9 Å². The van der Waals surface area contributed by atoms with Crippen LogP contribution in [-0.2, 0) is 20.9 Å². The standard InChI is InChI=1S/C26H22ClNO5S/c1-16(2)33-24(29)14-28-25(30)23(34-26(28)31)13-20-19-9-5-3-7-17(19)11-12-22(20)32-15-18-8-4-6-10-21(18)27/h3-13,16H,14-15H2,1-2H3/b23-13+. The van der Waals surface area contributed by atoms with Crippen molar-refractivity contribution in [1.82, 2.24) is 4.90 Å². The van der Waals surface area contributed by atoms with Crippen LogP contribution in [0.15, 0.2) is 65.6 Å². The van der Waals surface area contributed by atoms with Crippen molar-refractivity contribution < 1.29 is 23.9 Å². The molecule has 0 radical (unpaired) electrons. The van der Waals surface area contributed by atoms with Gasteiger partial charge in [-0.15, -0.1) is 0 Å². The molecule has 3 aromatic rings. The van der Waals surface area contributed by atoms with Crippen LogP contribution in [0.3, 0.4) is 0 Å². The normalized spacial score (nSPS) is 14.9. The lowest BCUT2D eigenvalue weighted by Gasteiger charge is -2.14. The van der Waals surface area contributed by atoms with E-state index in [4.69, 9.17) is 21.1 Å². The Balaban J connectivity index is 1.66. The Morgan fingerprint density at radius 2 is 1.79 bits per heavy atom. The average Bonchev–Trinajstić information content (AvgIpc) is 3.06. The molecule has 0 bridgehead atoms. The van der Waals surface area contributed by atoms with Crippen LogP contribution in [0, 0.1) is 0 Å². The number of hydrogen-bond acceptors (Lipinski definition) is 6. The van der Waals surface area contributed by atoms with Gasteiger partial charge in [0.25, 0.3) is 11.1 Å². The summed E-state index contributed by atoms with van der Waals surface area (Å²) in [5, 5.41) is 1.90. The zero-order valence-electron chi connectivity index (χ0n) is 18.6. The van der Waals surface area contributed by atoms with Gasteiger partial charge in [-0.05, 0) is 54.6 Å². The van der Waals surface area contributed by atoms with E-state index in [2.05, 4.69) is 0 Å². The van der Waals surface area contributed by atoms with Gasteiger partial charge in [0.2, 0.25) is 0 Å². The van der Waals surface area contributed by atoms with Crippen LogP contribution in [0.25, 0.3) is 16.8 Å². The second kappa shape index (κ2) is 10.3. The minimum Gasteiger partial charge on any atom is -0.488 e. The molecule has 1 saturated heterocycles. The first-order valence-electron chi connectivity index (χ1n) is 10.7. The highest BCUT2D eigenvalue weighted by Crippen LogP contribution is 2.37. The summed E-state index contributed by atoms with van der Waals surface area (Å²) in [7, 11) is 0. The van der Waals surface area contributed by atoms with Gasteiger partial charge >= 0.3 is 5.97 Å². The Morgan fingerprint density at radius 3 is 2.56 bits per heavy atom. The molecule has 4 rings (SSSR count). The number of halogens is 1. The van der Waals surface area contributed by atoms with Crippen molar-refractivity contribution in [2.24, 2.45) is 0 Å². The van der Waals surface area contributed by atoms with Crippen LogP contribution in [0.4, 0.5) is 4.79 Å². The number of rotatable bonds is 7. The summed E-state index contributed by atoms with van der Waals surface area (Å²) in [6.45, 7) is 3.22. The van der Waals surface area contributed by atoms with Gasteiger partial charge in [-0.2, -0.15) is 0 Å². The van der Waals surface area contributed by atoms with Crippen molar-refractivity contribution in [2.75, 3.05) is 6.54 Å². The predicted molar refractivity (Wildman–Crippen MR) is 134 cm³/mol. The monoisotopic (exact) mass is 495 g/mol. The predicted octanol–water partition coefficient (Wildman–Crippen LogP) is 6.06. The summed E-state index contributed by atoms with van der Waals surface area (Å²) in [6, 6.07) is 18.9. The molecule has 1 fully saturated rings. The molecule has 0 atom stereocenters. The number of amides is 2. The quantitative estimate of drug-likeness (QED) is 0.293. The lowest BCUT2D eigenvalue weighted by atomic mass is 10.0. The van der Waals surface area contributed by atoms with Crippen LogP contribution >= 0.6 is 23.4 Å². The van der Waals surface area contributed by atoms with Crippen molar-refractivity contribution in [3.63, 3.8) is 0 Å². The molecule has 0 saturated carbocycles. The maximum absolute atomic E-state index is 13.0. The molecular weight excluding hydrogens is 474 g/mol. The smallest absolute Gasteiger partial charge is 0.326 e. The van der Waals surface area contributed by atoms with E-state index in [0.29, 0.717) is 16.3 Å². The molecular formula is C26H22ClNO5S. The number of esters is 1. The van der Waals surface area contributed by atoms with E-state index in [1.54, 1.807) is 26.0 Å². The van der Waals surface area contributed by atoms with Crippen molar-refractivity contribution in [3.05, 3.63) is 81.7 Å². The highest BCUT2D eigenvalue weighted by atomic mass is 35.5. The molecule has 6 nitrogen and oxygen atoms in total. The van der Waals surface area contributed by atoms with Gasteiger partial charge in [-0.25, -0.2) is 0 Å². The Kier molecular flexibility index (Phi) is 7.24. The third-order valence-electron chi connectivity index (χ3n) is 5.08. The summed E-state index contributed by atoms with van der Waals surface area (Å²) in [4.78, 5) is 38.6. The fraction of sp³-hybridized carbons (Fsp3) is 0.192. The van der Waals surface area contributed by atoms with E-state index in [0.717, 1.165) is 33.0 Å². The number of nitrogens with zero attached hydrogens (tertiary/aromatic N) is 1. The Labute approximate surface area is 206 Å². The topological polar surface area (TPSA) is 72.9 Å². The van der Waals surface area contributed by atoms with Gasteiger partial charge in [0, 0.05) is 16.1 Å². The molecule has 2 amide bonds. The van der Waals surface area contributed by atoms with Crippen LogP contribution in [0.1, 0.15) is 25.0 Å². The van der Waals surface area contributed by atoms with Crippen LogP contribution < -0.4 is 4.74 Å². The lowest BCUT2D eigenvalue weighted by Crippen LogP contribution is -2.35. The van der Waals surface area contributed by atoms with Crippen LogP contribution in [0.5, 0.6) is 5.75 Å². The van der Waals surface area contributed by atoms with Crippen LogP contribution in [0.2, 0.25) is 5.02 Å². The Morgan fingerprint density at radius 1 is 1.06 bits per heavy atom. The SMILES string of the molecule is CC(C)OC(=O)CN1C(=O)S/C(=C/c2c(OCc3ccccc3Cl)ccc3ccccc23)C1=O. The molecule has 0 spiro atoms. The highest BCUT2D eigenvalue weighted by molar-refractivity contribution is 8.18. The molecule has 1 aliphatic heterocycles. The van der Waals surface area contributed by atoms with E-state index in [-0.39, 0.29) is 17.6 Å². The van der Waals surface area contributed by atoms with E-state index in [1.807, 2.05) is 54.6 Å². The molecule has 0 unspecified atom stereocenters. The van der Waals surface area contributed by atoms with Crippen molar-refractivity contribution in [2.45, 2.75) is 26.6 Å². The summed E-state index contributed by atoms with van der Waals surface area (Å²) < 4.78 is 11.2. The molecule has 3 aromatic carbocycles. The molecule has 0 N–H and O–H groups in total. The number of fused-ring (bicyclic) bond motifs is 1. The van der Waals surface area contributed by atoms with Gasteiger partial charge in [-0.3, -0.25) is 19.3 Å². The summed E-state index contributed by atoms with van der Waals surface area (Å²) >= 11 is 7.05. The molecule has 174 valence electrons. The zero-order valence-corrected chi connectivity index (χ0v) is 20.2. The van der Waals surface area contributed by atoms with Crippen molar-refractivity contribution >= 4 is 57.3 Å². The highest BCUT2D eigenvalue weighted by Gasteiger charge is 2.37. The minimum absolute atomic E-state index is 0.210. The Hall–Kier alpha value is -3.29. The summed E-state index contributed by atoms with van der Waals surface area (Å²) in [5.41, 5.74) is 1.49. The maximum atomic E-state index is 13.0. The first-order chi connectivity index (χ1) is 16.3. The van der Waals surface area contributed by atoms with E-state index < -0.39 is 23.7 Å². The number of hydrogen-bond donors (Lipinski definition) is 0. The molecule has 1 aliphatic rings. The van der Waals surface area contributed by atoms with Gasteiger partial charge in [0.15, 0.2) is 0 Å². The minimum atomic E-state index is -0.632. The maximum Gasteiger partial charge on any atom is 0.326 e. The first kappa shape index (κ1) is 23.9. The number of carbonyl (C=O) groups is 3. The van der Waals surface area contributed by atoms with E-state index in [1.165, 1.54) is 0 Å². The summed E-state index contributed by atoms with van der Waals surface area (Å²) in [6.07, 6.45) is 1.31. The molecule has 34 heavy (non-hydrogen) atoms. The van der Waals surface area contributed by atoms with Crippen LogP contribution in [-0.4, -0.2) is 34.7 Å². The third kappa shape index (κ3) is 5.26. The number of ether oxygens (including phenoxy) is 2. The second-order valence-corrected chi connectivity index (χ2v) is 9.29. The fourth-order valence-electron chi connectivity index (χ4n) is 3.52. The number of benzene rings is 3. The molecule has 0 aliphatic carbocycles. The van der Waals surface area contributed by atoms with Crippen molar-refractivity contribution in [1.29, 1.82) is 0 Å². The average molecular weight is 496 g/mol. The largest absolute Gasteiger partial charge is 0.488 e. The number of imide groups is 1. The second-order valence-electron chi connectivity index (χ2n) is 7.89. The van der Waals surface area contributed by atoms with Gasteiger partial charge < -0.3 is 9.47 Å². The fourth-order valence-corrected chi connectivity index (χ4v) is 4.53. The van der Waals surface area contributed by atoms with E-state index in [9.17, 15) is 14.4 Å². The Bertz CT molecular complexity index is 1300. The first-order valence-corrected chi connectivity index (χ1v) is 11.9.